The summed E-state index contributed by atoms with van der Waals surface area (Å²) in [5.74, 6) is 0.297. The first-order valence-electron chi connectivity index (χ1n) is 11.0. The number of carbonyl (C=O) groups excluding carboxylic acids is 1. The molecule has 2 saturated heterocycles. The maximum Gasteiger partial charge on any atom is 0.405 e. The van der Waals surface area contributed by atoms with Crippen LogP contribution in [0.1, 0.15) is 31.2 Å². The fourth-order valence-corrected chi connectivity index (χ4v) is 3.96. The van der Waals surface area contributed by atoms with Crippen LogP contribution in [0.5, 0.6) is 0 Å². The van der Waals surface area contributed by atoms with Crippen LogP contribution in [-0.2, 0) is 4.79 Å². The summed E-state index contributed by atoms with van der Waals surface area (Å²) in [6.07, 6.45) is 1.63. The molecular weight excluding hydrogens is 437 g/mol. The van der Waals surface area contributed by atoms with Gasteiger partial charge < -0.3 is 20.9 Å². The smallest absolute Gasteiger partial charge is 0.376 e. The highest BCUT2D eigenvalue weighted by Crippen LogP contribution is 2.30. The summed E-state index contributed by atoms with van der Waals surface area (Å²) < 4.78 is 38.6. The summed E-state index contributed by atoms with van der Waals surface area (Å²) in [6, 6.07) is 1.45. The normalized spacial score (nSPS) is 16.9. The van der Waals surface area contributed by atoms with Gasteiger partial charge in [0.05, 0.1) is 23.1 Å². The van der Waals surface area contributed by atoms with E-state index in [9.17, 15) is 18.0 Å². The molecule has 0 spiro atoms. The Kier molecular flexibility index (Phi) is 6.82. The minimum absolute atomic E-state index is 0.130. The number of aromatic amines is 1. The predicted octanol–water partition coefficient (Wildman–Crippen LogP) is 2.81. The van der Waals surface area contributed by atoms with Crippen LogP contribution in [0.2, 0.25) is 0 Å². The second kappa shape index (κ2) is 9.77. The maximum atomic E-state index is 12.9. The fourth-order valence-electron chi connectivity index (χ4n) is 3.96. The Labute approximate surface area is 189 Å². The highest BCUT2D eigenvalue weighted by atomic mass is 19.4. The van der Waals surface area contributed by atoms with E-state index in [1.165, 1.54) is 18.5 Å². The van der Waals surface area contributed by atoms with Crippen LogP contribution in [0.15, 0.2) is 18.5 Å². The zero-order chi connectivity index (χ0) is 23.4. The van der Waals surface area contributed by atoms with Gasteiger partial charge in [0.25, 0.3) is 0 Å². The largest absolute Gasteiger partial charge is 0.405 e. The molecule has 2 aliphatic rings. The van der Waals surface area contributed by atoms with Gasteiger partial charge in [-0.1, -0.05) is 0 Å². The van der Waals surface area contributed by atoms with Crippen molar-refractivity contribution in [2.75, 3.05) is 43.4 Å². The van der Waals surface area contributed by atoms with Crippen molar-refractivity contribution in [3.8, 4) is 11.4 Å². The van der Waals surface area contributed by atoms with Crippen LogP contribution < -0.4 is 16.0 Å². The molecule has 2 fully saturated rings. The number of amides is 1. The number of amidine groups is 1. The molecule has 178 valence electrons. The Bertz CT molecular complexity index is 996. The average molecular weight is 464 g/mol. The number of nitrogens with zero attached hydrogens (tertiary/aromatic N) is 3. The molecular formula is C21H27F3N8O. The summed E-state index contributed by atoms with van der Waals surface area (Å²) in [4.78, 5) is 18.7. The molecule has 2 aromatic heterocycles. The number of nitrogens with one attached hydrogen (secondary N) is 5. The molecule has 5 N–H and O–H groups in total. The molecule has 9 nitrogen and oxygen atoms in total. The molecule has 33 heavy (non-hydrogen) atoms. The summed E-state index contributed by atoms with van der Waals surface area (Å²) in [5, 5.41) is 23.6. The SMILES string of the molecule is N=C(c1cnc(-c2[nH]ncc2NC(=O)CC2CCNCC2)cc1NCC(F)(F)F)N1CCC1. The number of carbonyl (C=O) groups is 1. The topological polar surface area (TPSA) is 122 Å². The van der Waals surface area contributed by atoms with Crippen molar-refractivity contribution in [1.29, 1.82) is 5.41 Å². The van der Waals surface area contributed by atoms with Gasteiger partial charge in [-0.2, -0.15) is 18.3 Å². The van der Waals surface area contributed by atoms with E-state index in [0.29, 0.717) is 48.1 Å². The fraction of sp³-hybridized carbons (Fsp3) is 0.524. The van der Waals surface area contributed by atoms with Crippen molar-refractivity contribution in [2.45, 2.75) is 31.9 Å². The Morgan fingerprint density at radius 1 is 1.21 bits per heavy atom. The number of halogens is 3. The van der Waals surface area contributed by atoms with Gasteiger partial charge in [-0.3, -0.25) is 20.3 Å². The molecule has 0 radical (unpaired) electrons. The van der Waals surface area contributed by atoms with Crippen LogP contribution in [0.3, 0.4) is 0 Å². The number of hydrogen-bond acceptors (Lipinski definition) is 6. The van der Waals surface area contributed by atoms with E-state index in [1.807, 2.05) is 0 Å². The summed E-state index contributed by atoms with van der Waals surface area (Å²) in [7, 11) is 0. The van der Waals surface area contributed by atoms with E-state index in [2.05, 4.69) is 31.1 Å². The van der Waals surface area contributed by atoms with Crippen molar-refractivity contribution >= 4 is 23.1 Å². The van der Waals surface area contributed by atoms with E-state index in [0.717, 1.165) is 32.4 Å². The van der Waals surface area contributed by atoms with Gasteiger partial charge in [-0.25, -0.2) is 0 Å². The number of aromatic nitrogens is 3. The molecule has 4 rings (SSSR count). The van der Waals surface area contributed by atoms with Crippen molar-refractivity contribution in [1.82, 2.24) is 25.4 Å². The minimum Gasteiger partial charge on any atom is -0.376 e. The van der Waals surface area contributed by atoms with Crippen LogP contribution >= 0.6 is 0 Å². The quantitative estimate of drug-likeness (QED) is 0.317. The predicted molar refractivity (Wildman–Crippen MR) is 118 cm³/mol. The number of pyridine rings is 1. The van der Waals surface area contributed by atoms with Gasteiger partial charge in [-0.15, -0.1) is 0 Å². The Morgan fingerprint density at radius 2 is 1.97 bits per heavy atom. The zero-order valence-corrected chi connectivity index (χ0v) is 18.1. The van der Waals surface area contributed by atoms with Crippen LogP contribution in [0.25, 0.3) is 11.4 Å². The first kappa shape index (κ1) is 23.0. The Morgan fingerprint density at radius 3 is 2.64 bits per heavy atom. The van der Waals surface area contributed by atoms with Crippen LogP contribution in [0.4, 0.5) is 24.5 Å². The van der Waals surface area contributed by atoms with E-state index < -0.39 is 12.7 Å². The second-order valence-corrected chi connectivity index (χ2v) is 8.38. The van der Waals surface area contributed by atoms with Crippen molar-refractivity contribution in [3.05, 3.63) is 24.0 Å². The molecule has 2 aromatic rings. The summed E-state index contributed by atoms with van der Waals surface area (Å²) >= 11 is 0. The van der Waals surface area contributed by atoms with E-state index in [4.69, 9.17) is 5.41 Å². The third-order valence-corrected chi connectivity index (χ3v) is 5.91. The number of alkyl halides is 3. The summed E-state index contributed by atoms with van der Waals surface area (Å²) in [5.41, 5.74) is 1.56. The Balaban J connectivity index is 1.54. The van der Waals surface area contributed by atoms with Gasteiger partial charge in [0, 0.05) is 31.4 Å². The molecule has 4 heterocycles. The lowest BCUT2D eigenvalue weighted by atomic mass is 9.94. The van der Waals surface area contributed by atoms with Crippen LogP contribution in [0, 0.1) is 11.3 Å². The van der Waals surface area contributed by atoms with Gasteiger partial charge in [-0.05, 0) is 44.3 Å². The van der Waals surface area contributed by atoms with Crippen molar-refractivity contribution in [2.24, 2.45) is 5.92 Å². The van der Waals surface area contributed by atoms with Gasteiger partial charge >= 0.3 is 6.18 Å². The van der Waals surface area contributed by atoms with Gasteiger partial charge in [0.15, 0.2) is 0 Å². The standard InChI is InChI=1S/C21H27F3N8O/c22-21(23,24)12-28-15-9-16(27-10-14(15)20(25)32-6-1-7-32)19-17(11-29-31-19)30-18(33)8-13-2-4-26-5-3-13/h9-11,13,25-26H,1-8,12H2,(H,27,28)(H,29,31)(H,30,33). The lowest BCUT2D eigenvalue weighted by Gasteiger charge is -2.33. The van der Waals surface area contributed by atoms with E-state index >= 15 is 0 Å². The van der Waals surface area contributed by atoms with E-state index in [-0.39, 0.29) is 17.4 Å². The highest BCUT2D eigenvalue weighted by Gasteiger charge is 2.29. The van der Waals surface area contributed by atoms with Gasteiger partial charge in [0.1, 0.15) is 18.1 Å². The second-order valence-electron chi connectivity index (χ2n) is 8.38. The zero-order valence-electron chi connectivity index (χ0n) is 18.1. The minimum atomic E-state index is -4.42. The van der Waals surface area contributed by atoms with Crippen molar-refractivity contribution < 1.29 is 18.0 Å². The molecule has 1 amide bonds. The number of rotatable bonds is 7. The lowest BCUT2D eigenvalue weighted by Crippen LogP contribution is -2.42. The molecule has 0 bridgehead atoms. The first-order chi connectivity index (χ1) is 15.8. The van der Waals surface area contributed by atoms with Crippen LogP contribution in [-0.4, -0.2) is 70.7 Å². The third-order valence-electron chi connectivity index (χ3n) is 5.91. The monoisotopic (exact) mass is 464 g/mol. The van der Waals surface area contributed by atoms with Gasteiger partial charge in [0.2, 0.25) is 5.91 Å². The average Bonchev–Trinajstić information content (AvgIpc) is 3.19. The third kappa shape index (κ3) is 5.81. The summed E-state index contributed by atoms with van der Waals surface area (Å²) in [6.45, 7) is 1.93. The maximum absolute atomic E-state index is 12.9. The number of piperidine rings is 1. The molecule has 12 heteroatoms. The first-order valence-corrected chi connectivity index (χ1v) is 11.0. The number of anilines is 2. The number of likely N-dealkylation sites (tertiary alicyclic amines) is 1. The Hall–Kier alpha value is -3.15. The van der Waals surface area contributed by atoms with Crippen molar-refractivity contribution in [3.63, 3.8) is 0 Å². The molecule has 0 atom stereocenters. The highest BCUT2D eigenvalue weighted by molar-refractivity contribution is 6.02. The van der Waals surface area contributed by atoms with E-state index in [1.54, 1.807) is 4.90 Å². The molecule has 2 aliphatic heterocycles. The molecule has 0 aliphatic carbocycles. The molecule has 0 aromatic carbocycles. The number of H-pyrrole nitrogens is 1. The molecule has 0 saturated carbocycles. The number of hydrogen-bond donors (Lipinski definition) is 5. The lowest BCUT2D eigenvalue weighted by molar-refractivity contribution is -0.117. The molecule has 0 unspecified atom stereocenters.